The van der Waals surface area contributed by atoms with Gasteiger partial charge in [0.25, 0.3) is 0 Å². The van der Waals surface area contributed by atoms with Crippen LogP contribution in [-0.4, -0.2) is 32.0 Å². The first kappa shape index (κ1) is 11.2. The van der Waals surface area contributed by atoms with Gasteiger partial charge in [0.1, 0.15) is 5.44 Å². The Morgan fingerprint density at radius 2 is 2.09 bits per heavy atom. The third-order valence-corrected chi connectivity index (χ3v) is 1.33. The first-order chi connectivity index (χ1) is 5.20. The standard InChI is InChI=1S/C7H16O3S/c1-4-9-6(2)10-7(11)5-8-3/h6-7,11H,4-5H2,1-3H3/t6-,7-/m0/s1. The summed E-state index contributed by atoms with van der Waals surface area (Å²) in [4.78, 5) is 0. The first-order valence-corrected chi connectivity index (χ1v) is 4.16. The van der Waals surface area contributed by atoms with Crippen molar-refractivity contribution in [3.8, 4) is 0 Å². The number of methoxy groups -OCH3 is 1. The Hall–Kier alpha value is 0.230. The smallest absolute Gasteiger partial charge is 0.156 e. The van der Waals surface area contributed by atoms with E-state index in [9.17, 15) is 0 Å². The van der Waals surface area contributed by atoms with E-state index in [4.69, 9.17) is 14.2 Å². The topological polar surface area (TPSA) is 27.7 Å². The minimum absolute atomic E-state index is 0.207. The van der Waals surface area contributed by atoms with Crippen LogP contribution in [0.25, 0.3) is 0 Å². The van der Waals surface area contributed by atoms with Gasteiger partial charge in [0.15, 0.2) is 6.29 Å². The average molecular weight is 180 g/mol. The predicted molar refractivity (Wildman–Crippen MR) is 46.8 cm³/mol. The van der Waals surface area contributed by atoms with E-state index in [0.29, 0.717) is 13.2 Å². The van der Waals surface area contributed by atoms with Crippen molar-refractivity contribution in [1.82, 2.24) is 0 Å². The molecule has 0 radical (unpaired) electrons. The molecule has 0 saturated carbocycles. The number of hydrogen-bond acceptors (Lipinski definition) is 4. The summed E-state index contributed by atoms with van der Waals surface area (Å²) in [6.45, 7) is 4.88. The zero-order valence-corrected chi connectivity index (χ0v) is 8.14. The van der Waals surface area contributed by atoms with Gasteiger partial charge in [-0.05, 0) is 13.8 Å². The first-order valence-electron chi connectivity index (χ1n) is 3.64. The molecule has 0 aliphatic rings. The number of ether oxygens (including phenoxy) is 3. The number of hydrogen-bond donors (Lipinski definition) is 1. The molecule has 0 aliphatic carbocycles. The van der Waals surface area contributed by atoms with Gasteiger partial charge in [0.05, 0.1) is 6.61 Å². The molecule has 0 unspecified atom stereocenters. The molecule has 0 bridgehead atoms. The highest BCUT2D eigenvalue weighted by molar-refractivity contribution is 7.80. The largest absolute Gasteiger partial charge is 0.381 e. The molecule has 11 heavy (non-hydrogen) atoms. The van der Waals surface area contributed by atoms with Crippen molar-refractivity contribution in [3.63, 3.8) is 0 Å². The van der Waals surface area contributed by atoms with Crippen LogP contribution in [0.3, 0.4) is 0 Å². The summed E-state index contributed by atoms with van der Waals surface area (Å²) in [6, 6.07) is 0. The zero-order chi connectivity index (χ0) is 8.69. The molecule has 2 atom stereocenters. The molecule has 68 valence electrons. The van der Waals surface area contributed by atoms with Crippen LogP contribution in [0.5, 0.6) is 0 Å². The minimum Gasteiger partial charge on any atom is -0.381 e. The van der Waals surface area contributed by atoms with Gasteiger partial charge in [-0.25, -0.2) is 0 Å². The highest BCUT2D eigenvalue weighted by Gasteiger charge is 2.07. The van der Waals surface area contributed by atoms with Gasteiger partial charge >= 0.3 is 0 Å². The maximum atomic E-state index is 5.25. The van der Waals surface area contributed by atoms with Gasteiger partial charge in [-0.3, -0.25) is 0 Å². The lowest BCUT2D eigenvalue weighted by atomic mass is 10.7. The van der Waals surface area contributed by atoms with Crippen molar-refractivity contribution < 1.29 is 14.2 Å². The fourth-order valence-corrected chi connectivity index (χ4v) is 0.998. The molecular weight excluding hydrogens is 164 g/mol. The van der Waals surface area contributed by atoms with Gasteiger partial charge in [-0.1, -0.05) is 0 Å². The molecule has 0 saturated heterocycles. The molecule has 0 aromatic rings. The molecule has 0 aromatic heterocycles. The molecule has 0 rings (SSSR count). The highest BCUT2D eigenvalue weighted by atomic mass is 32.1. The van der Waals surface area contributed by atoms with Crippen LogP contribution in [-0.2, 0) is 14.2 Å². The van der Waals surface area contributed by atoms with Crippen LogP contribution in [0.4, 0.5) is 0 Å². The molecule has 0 N–H and O–H groups in total. The fourth-order valence-electron chi connectivity index (χ4n) is 0.677. The Morgan fingerprint density at radius 1 is 1.45 bits per heavy atom. The van der Waals surface area contributed by atoms with Crippen molar-refractivity contribution in [1.29, 1.82) is 0 Å². The fraction of sp³-hybridized carbons (Fsp3) is 1.00. The van der Waals surface area contributed by atoms with E-state index in [0.717, 1.165) is 0 Å². The lowest BCUT2D eigenvalue weighted by Gasteiger charge is -2.17. The van der Waals surface area contributed by atoms with Crippen molar-refractivity contribution in [2.24, 2.45) is 0 Å². The third-order valence-electron chi connectivity index (χ3n) is 1.06. The maximum absolute atomic E-state index is 5.25. The lowest BCUT2D eigenvalue weighted by Crippen LogP contribution is -2.21. The molecule has 0 amide bonds. The molecule has 0 heterocycles. The summed E-state index contributed by atoms with van der Waals surface area (Å²) < 4.78 is 15.2. The molecule has 0 aliphatic heterocycles. The predicted octanol–water partition coefficient (Wildman–Crippen LogP) is 1.29. The Balaban J connectivity index is 3.32. The monoisotopic (exact) mass is 180 g/mol. The quantitative estimate of drug-likeness (QED) is 0.493. The van der Waals surface area contributed by atoms with Crippen LogP contribution >= 0.6 is 12.6 Å². The molecule has 0 aromatic carbocycles. The Labute approximate surface area is 73.4 Å². The van der Waals surface area contributed by atoms with Crippen LogP contribution < -0.4 is 0 Å². The van der Waals surface area contributed by atoms with Crippen molar-refractivity contribution in [2.45, 2.75) is 25.6 Å². The van der Waals surface area contributed by atoms with Crippen LogP contribution in [0.1, 0.15) is 13.8 Å². The second-order valence-electron chi connectivity index (χ2n) is 2.07. The van der Waals surface area contributed by atoms with Crippen molar-refractivity contribution in [2.75, 3.05) is 20.3 Å². The normalized spacial score (nSPS) is 16.4. The van der Waals surface area contributed by atoms with E-state index in [2.05, 4.69) is 12.6 Å². The molecule has 0 spiro atoms. The summed E-state index contributed by atoms with van der Waals surface area (Å²) in [5.41, 5.74) is -0.207. The summed E-state index contributed by atoms with van der Waals surface area (Å²) >= 11 is 4.12. The molecule has 0 fully saturated rings. The second-order valence-corrected chi connectivity index (χ2v) is 2.65. The average Bonchev–Trinajstić information content (AvgIpc) is 1.87. The van der Waals surface area contributed by atoms with Crippen LogP contribution in [0.2, 0.25) is 0 Å². The van der Waals surface area contributed by atoms with Gasteiger partial charge in [0.2, 0.25) is 0 Å². The van der Waals surface area contributed by atoms with E-state index in [1.807, 2.05) is 13.8 Å². The summed E-state index contributed by atoms with van der Waals surface area (Å²) in [6.07, 6.45) is -0.211. The van der Waals surface area contributed by atoms with Gasteiger partial charge in [-0.2, -0.15) is 0 Å². The Morgan fingerprint density at radius 3 is 2.55 bits per heavy atom. The summed E-state index contributed by atoms with van der Waals surface area (Å²) in [7, 11) is 1.61. The van der Waals surface area contributed by atoms with E-state index >= 15 is 0 Å². The van der Waals surface area contributed by atoms with E-state index in [1.54, 1.807) is 7.11 Å². The molecular formula is C7H16O3S. The van der Waals surface area contributed by atoms with Crippen LogP contribution in [0.15, 0.2) is 0 Å². The maximum Gasteiger partial charge on any atom is 0.156 e. The van der Waals surface area contributed by atoms with Gasteiger partial charge in [0, 0.05) is 13.7 Å². The van der Waals surface area contributed by atoms with Crippen LogP contribution in [0, 0.1) is 0 Å². The van der Waals surface area contributed by atoms with E-state index in [-0.39, 0.29) is 11.7 Å². The molecule has 4 heteroatoms. The van der Waals surface area contributed by atoms with Gasteiger partial charge in [-0.15, -0.1) is 12.6 Å². The van der Waals surface area contributed by atoms with E-state index < -0.39 is 0 Å². The zero-order valence-electron chi connectivity index (χ0n) is 7.24. The Kier molecular flexibility index (Phi) is 7.06. The Bertz CT molecular complexity index is 79.8. The minimum atomic E-state index is -0.211. The lowest BCUT2D eigenvalue weighted by molar-refractivity contribution is -0.144. The van der Waals surface area contributed by atoms with Gasteiger partial charge < -0.3 is 14.2 Å². The highest BCUT2D eigenvalue weighted by Crippen LogP contribution is 2.03. The number of thiol groups is 1. The molecule has 3 nitrogen and oxygen atoms in total. The number of rotatable bonds is 6. The van der Waals surface area contributed by atoms with Crippen molar-refractivity contribution >= 4 is 12.6 Å². The summed E-state index contributed by atoms with van der Waals surface area (Å²) in [5, 5.41) is 0. The summed E-state index contributed by atoms with van der Waals surface area (Å²) in [5.74, 6) is 0. The van der Waals surface area contributed by atoms with E-state index in [1.165, 1.54) is 0 Å². The van der Waals surface area contributed by atoms with Crippen molar-refractivity contribution in [3.05, 3.63) is 0 Å². The SMILES string of the molecule is CCO[C@H](C)O[C@@H](S)COC. The third kappa shape index (κ3) is 6.62. The second kappa shape index (κ2) is 6.91.